The zero-order chi connectivity index (χ0) is 16.2. The minimum absolute atomic E-state index is 0.0525. The van der Waals surface area contributed by atoms with Crippen LogP contribution in [0.3, 0.4) is 0 Å². The summed E-state index contributed by atoms with van der Waals surface area (Å²) >= 11 is 0. The number of rotatable bonds is 0. The number of phenolic OH excluding ortho intramolecular Hbond substituents is 3. The standard InChI is InChI=1S/C14H10O2.C6H6O/c15-13-6-5-11-7-9-3-1-2-4-10(9)8-12(11)14(13)16;7-6-4-2-1-3-5-6/h1-8,15-16H;1-5,7H. The second kappa shape index (κ2) is 6.28. The molecule has 0 aromatic heterocycles. The second-order valence-corrected chi connectivity index (χ2v) is 5.19. The molecule has 0 aliphatic carbocycles. The summed E-state index contributed by atoms with van der Waals surface area (Å²) in [6.45, 7) is 0. The van der Waals surface area contributed by atoms with Crippen LogP contribution in [0.2, 0.25) is 0 Å². The van der Waals surface area contributed by atoms with Crippen molar-refractivity contribution in [1.82, 2.24) is 0 Å². The van der Waals surface area contributed by atoms with Crippen molar-refractivity contribution in [2.45, 2.75) is 0 Å². The minimum Gasteiger partial charge on any atom is -0.508 e. The van der Waals surface area contributed by atoms with Gasteiger partial charge in [0.25, 0.3) is 0 Å². The first kappa shape index (κ1) is 14.7. The van der Waals surface area contributed by atoms with E-state index < -0.39 is 0 Å². The van der Waals surface area contributed by atoms with Gasteiger partial charge in [-0.1, -0.05) is 48.5 Å². The number of para-hydroxylation sites is 1. The van der Waals surface area contributed by atoms with E-state index in [-0.39, 0.29) is 11.5 Å². The van der Waals surface area contributed by atoms with Crippen molar-refractivity contribution >= 4 is 21.5 Å². The Bertz CT molecular complexity index is 947. The van der Waals surface area contributed by atoms with Gasteiger partial charge in [-0.3, -0.25) is 0 Å². The van der Waals surface area contributed by atoms with Gasteiger partial charge < -0.3 is 15.3 Å². The van der Waals surface area contributed by atoms with Gasteiger partial charge in [-0.05, 0) is 46.5 Å². The summed E-state index contributed by atoms with van der Waals surface area (Å²) in [5.74, 6) is 0.188. The van der Waals surface area contributed by atoms with E-state index in [0.29, 0.717) is 11.1 Å². The van der Waals surface area contributed by atoms with E-state index >= 15 is 0 Å². The Morgan fingerprint density at radius 2 is 1.13 bits per heavy atom. The highest BCUT2D eigenvalue weighted by Gasteiger charge is 2.05. The Hall–Kier alpha value is -3.20. The predicted molar refractivity (Wildman–Crippen MR) is 92.9 cm³/mol. The van der Waals surface area contributed by atoms with Crippen molar-refractivity contribution in [3.05, 3.63) is 78.9 Å². The molecule has 0 spiro atoms. The molecule has 0 aliphatic heterocycles. The first-order valence-corrected chi connectivity index (χ1v) is 7.22. The SMILES string of the molecule is Oc1ccc2cc3ccccc3cc2c1O.Oc1ccccc1. The van der Waals surface area contributed by atoms with Crippen LogP contribution in [0.5, 0.6) is 17.2 Å². The number of hydrogen-bond acceptors (Lipinski definition) is 3. The lowest BCUT2D eigenvalue weighted by atomic mass is 10.0. The first-order chi connectivity index (χ1) is 11.1. The highest BCUT2D eigenvalue weighted by molar-refractivity contribution is 6.01. The molecule has 0 atom stereocenters. The van der Waals surface area contributed by atoms with Crippen LogP contribution in [0, 0.1) is 0 Å². The van der Waals surface area contributed by atoms with E-state index in [9.17, 15) is 10.2 Å². The zero-order valence-electron chi connectivity index (χ0n) is 12.3. The lowest BCUT2D eigenvalue weighted by Crippen LogP contribution is -1.77. The predicted octanol–water partition coefficient (Wildman–Crippen LogP) is 4.80. The van der Waals surface area contributed by atoms with Crippen molar-refractivity contribution in [2.75, 3.05) is 0 Å². The van der Waals surface area contributed by atoms with Crippen LogP contribution in [0.1, 0.15) is 0 Å². The summed E-state index contributed by atoms with van der Waals surface area (Å²) in [6, 6.07) is 23.9. The molecule has 0 unspecified atom stereocenters. The Labute approximate surface area is 133 Å². The van der Waals surface area contributed by atoms with Gasteiger partial charge in [-0.15, -0.1) is 0 Å². The number of hydrogen-bond donors (Lipinski definition) is 3. The average Bonchev–Trinajstić information content (AvgIpc) is 2.58. The molecular weight excluding hydrogens is 288 g/mol. The molecule has 0 fully saturated rings. The molecule has 3 heteroatoms. The molecule has 3 N–H and O–H groups in total. The number of fused-ring (bicyclic) bond motifs is 2. The molecule has 0 saturated heterocycles. The molecule has 0 bridgehead atoms. The van der Waals surface area contributed by atoms with E-state index in [4.69, 9.17) is 5.11 Å². The summed E-state index contributed by atoms with van der Waals surface area (Å²) in [4.78, 5) is 0. The molecule has 0 amide bonds. The Kier molecular flexibility index (Phi) is 4.02. The lowest BCUT2D eigenvalue weighted by Gasteiger charge is -2.05. The van der Waals surface area contributed by atoms with Crippen molar-refractivity contribution in [1.29, 1.82) is 0 Å². The third-order valence-corrected chi connectivity index (χ3v) is 3.59. The molecule has 4 rings (SSSR count). The monoisotopic (exact) mass is 304 g/mol. The highest BCUT2D eigenvalue weighted by atomic mass is 16.3. The molecular formula is C20H16O3. The fourth-order valence-electron chi connectivity index (χ4n) is 2.41. The van der Waals surface area contributed by atoms with E-state index in [2.05, 4.69) is 0 Å². The van der Waals surface area contributed by atoms with Crippen molar-refractivity contribution in [2.24, 2.45) is 0 Å². The van der Waals surface area contributed by atoms with Gasteiger partial charge in [0.2, 0.25) is 0 Å². The largest absolute Gasteiger partial charge is 0.508 e. The average molecular weight is 304 g/mol. The molecule has 0 saturated carbocycles. The minimum atomic E-state index is -0.0808. The molecule has 23 heavy (non-hydrogen) atoms. The first-order valence-electron chi connectivity index (χ1n) is 7.22. The molecule has 4 aromatic carbocycles. The highest BCUT2D eigenvalue weighted by Crippen LogP contribution is 2.35. The molecule has 3 nitrogen and oxygen atoms in total. The van der Waals surface area contributed by atoms with Crippen LogP contribution >= 0.6 is 0 Å². The third kappa shape index (κ3) is 3.19. The van der Waals surface area contributed by atoms with E-state index in [0.717, 1.165) is 16.2 Å². The fraction of sp³-hybridized carbons (Fsp3) is 0. The van der Waals surface area contributed by atoms with Gasteiger partial charge in [-0.2, -0.15) is 0 Å². The maximum absolute atomic E-state index is 9.77. The topological polar surface area (TPSA) is 60.7 Å². The second-order valence-electron chi connectivity index (χ2n) is 5.19. The lowest BCUT2D eigenvalue weighted by molar-refractivity contribution is 0.408. The normalized spacial score (nSPS) is 10.3. The molecule has 0 heterocycles. The van der Waals surface area contributed by atoms with Crippen LogP contribution in [0.25, 0.3) is 21.5 Å². The Morgan fingerprint density at radius 3 is 1.74 bits per heavy atom. The van der Waals surface area contributed by atoms with E-state index in [1.165, 1.54) is 6.07 Å². The van der Waals surface area contributed by atoms with Crippen molar-refractivity contribution < 1.29 is 15.3 Å². The van der Waals surface area contributed by atoms with Gasteiger partial charge in [-0.25, -0.2) is 0 Å². The molecule has 114 valence electrons. The summed E-state index contributed by atoms with van der Waals surface area (Å²) < 4.78 is 0. The van der Waals surface area contributed by atoms with Crippen LogP contribution in [-0.4, -0.2) is 15.3 Å². The maximum Gasteiger partial charge on any atom is 0.165 e. The maximum atomic E-state index is 9.77. The van der Waals surface area contributed by atoms with Crippen LogP contribution < -0.4 is 0 Å². The Morgan fingerprint density at radius 1 is 0.522 bits per heavy atom. The summed E-state index contributed by atoms with van der Waals surface area (Å²) in [5.41, 5.74) is 0. The summed E-state index contributed by atoms with van der Waals surface area (Å²) in [6.07, 6.45) is 0. The van der Waals surface area contributed by atoms with Crippen LogP contribution in [0.15, 0.2) is 78.9 Å². The van der Waals surface area contributed by atoms with Crippen LogP contribution in [0.4, 0.5) is 0 Å². The molecule has 0 aliphatic rings. The van der Waals surface area contributed by atoms with Crippen LogP contribution in [-0.2, 0) is 0 Å². The van der Waals surface area contributed by atoms with Gasteiger partial charge in [0, 0.05) is 5.39 Å². The molecule has 4 aromatic rings. The van der Waals surface area contributed by atoms with Gasteiger partial charge in [0.1, 0.15) is 5.75 Å². The molecule has 0 radical (unpaired) electrons. The zero-order valence-corrected chi connectivity index (χ0v) is 12.3. The third-order valence-electron chi connectivity index (χ3n) is 3.59. The quantitative estimate of drug-likeness (QED) is 0.323. The van der Waals surface area contributed by atoms with Gasteiger partial charge in [0.15, 0.2) is 11.5 Å². The summed E-state index contributed by atoms with van der Waals surface area (Å²) in [5, 5.41) is 31.6. The smallest absolute Gasteiger partial charge is 0.165 e. The fourth-order valence-corrected chi connectivity index (χ4v) is 2.41. The number of aromatic hydroxyl groups is 3. The Balaban J connectivity index is 0.000000188. The van der Waals surface area contributed by atoms with Gasteiger partial charge >= 0.3 is 0 Å². The summed E-state index contributed by atoms with van der Waals surface area (Å²) in [7, 11) is 0. The van der Waals surface area contributed by atoms with Gasteiger partial charge in [0.05, 0.1) is 0 Å². The number of benzene rings is 4. The van der Waals surface area contributed by atoms with Crippen molar-refractivity contribution in [3.8, 4) is 17.2 Å². The van der Waals surface area contributed by atoms with E-state index in [1.807, 2.05) is 42.5 Å². The van der Waals surface area contributed by atoms with Crippen molar-refractivity contribution in [3.63, 3.8) is 0 Å². The number of phenols is 3. The van der Waals surface area contributed by atoms with E-state index in [1.54, 1.807) is 30.3 Å².